The summed E-state index contributed by atoms with van der Waals surface area (Å²) >= 11 is 3.40. The lowest BCUT2D eigenvalue weighted by Gasteiger charge is -2.23. The quantitative estimate of drug-likeness (QED) is 0.866. The van der Waals surface area contributed by atoms with Gasteiger partial charge >= 0.3 is 5.97 Å². The third kappa shape index (κ3) is 3.83. The molecule has 4 nitrogen and oxygen atoms in total. The van der Waals surface area contributed by atoms with Crippen LogP contribution < -0.4 is 4.90 Å². The highest BCUT2D eigenvalue weighted by Gasteiger charge is 2.13. The SMILES string of the molecule is CN(CC(O)CC(=O)O)c1ccccc1Br. The van der Waals surface area contributed by atoms with Gasteiger partial charge in [-0.25, -0.2) is 0 Å². The molecule has 1 atom stereocenters. The number of para-hydroxylation sites is 1. The molecule has 0 radical (unpaired) electrons. The largest absolute Gasteiger partial charge is 0.481 e. The number of likely N-dealkylation sites (N-methyl/N-ethyl adjacent to an activating group) is 1. The molecule has 2 N–H and O–H groups in total. The standard InChI is InChI=1S/C11H14BrNO3/c1-13(7-8(14)6-11(15)16)10-5-3-2-4-9(10)12/h2-5,8,14H,6-7H2,1H3,(H,15,16). The minimum Gasteiger partial charge on any atom is -0.481 e. The van der Waals surface area contributed by atoms with Crippen LogP contribution in [0.1, 0.15) is 6.42 Å². The molecule has 0 aliphatic heterocycles. The van der Waals surface area contributed by atoms with E-state index in [0.717, 1.165) is 10.2 Å². The summed E-state index contributed by atoms with van der Waals surface area (Å²) in [6.45, 7) is 0.287. The Labute approximate surface area is 103 Å². The molecule has 5 heteroatoms. The summed E-state index contributed by atoms with van der Waals surface area (Å²) in [5.41, 5.74) is 0.923. The van der Waals surface area contributed by atoms with E-state index < -0.39 is 12.1 Å². The minimum atomic E-state index is -0.993. The van der Waals surface area contributed by atoms with Gasteiger partial charge in [-0.2, -0.15) is 0 Å². The van der Waals surface area contributed by atoms with Gasteiger partial charge in [0.2, 0.25) is 0 Å². The lowest BCUT2D eigenvalue weighted by Crippen LogP contribution is -2.30. The van der Waals surface area contributed by atoms with Crippen LogP contribution in [0.15, 0.2) is 28.7 Å². The molecule has 1 unspecified atom stereocenters. The van der Waals surface area contributed by atoms with Crippen LogP contribution in [0.5, 0.6) is 0 Å². The van der Waals surface area contributed by atoms with Crippen LogP contribution in [-0.4, -0.2) is 35.9 Å². The molecule has 0 amide bonds. The number of hydrogen-bond donors (Lipinski definition) is 2. The number of benzene rings is 1. The van der Waals surface area contributed by atoms with Gasteiger partial charge in [-0.1, -0.05) is 12.1 Å². The highest BCUT2D eigenvalue weighted by Crippen LogP contribution is 2.24. The first-order chi connectivity index (χ1) is 7.50. The molecule has 0 bridgehead atoms. The number of hydrogen-bond acceptors (Lipinski definition) is 3. The summed E-state index contributed by atoms with van der Waals surface area (Å²) in [5, 5.41) is 18.0. The van der Waals surface area contributed by atoms with E-state index >= 15 is 0 Å². The third-order valence-electron chi connectivity index (χ3n) is 2.16. The van der Waals surface area contributed by atoms with Crippen LogP contribution in [0.25, 0.3) is 0 Å². The summed E-state index contributed by atoms with van der Waals surface area (Å²) in [6, 6.07) is 7.59. The van der Waals surface area contributed by atoms with Gasteiger partial charge in [0, 0.05) is 18.1 Å². The predicted molar refractivity (Wildman–Crippen MR) is 65.7 cm³/mol. The Morgan fingerprint density at radius 3 is 2.69 bits per heavy atom. The van der Waals surface area contributed by atoms with Crippen molar-refractivity contribution in [3.05, 3.63) is 28.7 Å². The van der Waals surface area contributed by atoms with Gasteiger partial charge < -0.3 is 15.1 Å². The van der Waals surface area contributed by atoms with E-state index in [9.17, 15) is 9.90 Å². The summed E-state index contributed by atoms with van der Waals surface area (Å²) < 4.78 is 0.917. The fraction of sp³-hybridized carbons (Fsp3) is 0.364. The van der Waals surface area contributed by atoms with Crippen molar-refractivity contribution in [2.45, 2.75) is 12.5 Å². The number of aliphatic carboxylic acids is 1. The minimum absolute atomic E-state index is 0.241. The van der Waals surface area contributed by atoms with Gasteiger partial charge in [0.25, 0.3) is 0 Å². The molecule has 0 fully saturated rings. The fourth-order valence-electron chi connectivity index (χ4n) is 1.44. The number of carboxylic acids is 1. The molecule has 1 rings (SSSR count). The second kappa shape index (κ2) is 5.86. The molecule has 16 heavy (non-hydrogen) atoms. The van der Waals surface area contributed by atoms with E-state index in [4.69, 9.17) is 5.11 Å². The molecule has 0 saturated carbocycles. The molecule has 0 spiro atoms. The maximum Gasteiger partial charge on any atom is 0.306 e. The zero-order chi connectivity index (χ0) is 12.1. The Morgan fingerprint density at radius 2 is 2.12 bits per heavy atom. The Morgan fingerprint density at radius 1 is 1.50 bits per heavy atom. The van der Waals surface area contributed by atoms with Crippen LogP contribution >= 0.6 is 15.9 Å². The summed E-state index contributed by atoms with van der Waals surface area (Å²) in [6.07, 6.45) is -1.11. The molecule has 0 heterocycles. The first-order valence-corrected chi connectivity index (χ1v) is 5.65. The first-order valence-electron chi connectivity index (χ1n) is 4.86. The fourth-order valence-corrected chi connectivity index (χ4v) is 2.03. The van der Waals surface area contributed by atoms with Crippen LogP contribution in [-0.2, 0) is 4.79 Å². The maximum atomic E-state index is 10.4. The summed E-state index contributed by atoms with van der Waals surface area (Å²) in [4.78, 5) is 12.2. The Kier molecular flexibility index (Phi) is 4.76. The average Bonchev–Trinajstić information content (AvgIpc) is 2.16. The van der Waals surface area contributed by atoms with Crippen molar-refractivity contribution in [3.8, 4) is 0 Å². The van der Waals surface area contributed by atoms with Crippen LogP contribution in [0, 0.1) is 0 Å². The highest BCUT2D eigenvalue weighted by molar-refractivity contribution is 9.10. The second-order valence-corrected chi connectivity index (χ2v) is 4.44. The lowest BCUT2D eigenvalue weighted by atomic mass is 10.2. The number of carboxylic acid groups (broad SMARTS) is 1. The van der Waals surface area contributed by atoms with Gasteiger partial charge in [-0.15, -0.1) is 0 Å². The number of halogens is 1. The first kappa shape index (κ1) is 13.0. The Balaban J connectivity index is 2.62. The van der Waals surface area contributed by atoms with Crippen molar-refractivity contribution >= 4 is 27.6 Å². The van der Waals surface area contributed by atoms with Crippen molar-refractivity contribution in [1.29, 1.82) is 0 Å². The molecular formula is C11H14BrNO3. The van der Waals surface area contributed by atoms with E-state index in [-0.39, 0.29) is 13.0 Å². The predicted octanol–water partition coefficient (Wildman–Crippen LogP) is 1.72. The zero-order valence-corrected chi connectivity index (χ0v) is 10.5. The number of aliphatic hydroxyl groups is 1. The van der Waals surface area contributed by atoms with Crippen LogP contribution in [0.3, 0.4) is 0 Å². The third-order valence-corrected chi connectivity index (χ3v) is 2.83. The molecular weight excluding hydrogens is 274 g/mol. The number of nitrogens with zero attached hydrogens (tertiary/aromatic N) is 1. The smallest absolute Gasteiger partial charge is 0.306 e. The summed E-state index contributed by atoms with van der Waals surface area (Å²) in [5.74, 6) is -0.993. The van der Waals surface area contributed by atoms with Crippen molar-refractivity contribution < 1.29 is 15.0 Å². The van der Waals surface area contributed by atoms with E-state index in [1.165, 1.54) is 0 Å². The number of anilines is 1. The number of rotatable bonds is 5. The molecule has 0 aromatic heterocycles. The Hall–Kier alpha value is -1.07. The monoisotopic (exact) mass is 287 g/mol. The van der Waals surface area contributed by atoms with Crippen LogP contribution in [0.4, 0.5) is 5.69 Å². The van der Waals surface area contributed by atoms with Crippen molar-refractivity contribution in [1.82, 2.24) is 0 Å². The number of carbonyl (C=O) groups is 1. The molecule has 88 valence electrons. The normalized spacial score (nSPS) is 12.2. The molecule has 1 aromatic rings. The second-order valence-electron chi connectivity index (χ2n) is 3.58. The van der Waals surface area contributed by atoms with Gasteiger partial charge in [-0.05, 0) is 28.1 Å². The molecule has 0 aliphatic carbocycles. The van der Waals surface area contributed by atoms with Gasteiger partial charge in [0.05, 0.1) is 18.2 Å². The highest BCUT2D eigenvalue weighted by atomic mass is 79.9. The molecule has 0 saturated heterocycles. The van der Waals surface area contributed by atoms with E-state index in [1.54, 1.807) is 0 Å². The van der Waals surface area contributed by atoms with Gasteiger partial charge in [-0.3, -0.25) is 4.79 Å². The molecule has 0 aliphatic rings. The average molecular weight is 288 g/mol. The van der Waals surface area contributed by atoms with Crippen molar-refractivity contribution in [2.75, 3.05) is 18.5 Å². The van der Waals surface area contributed by atoms with Crippen LogP contribution in [0.2, 0.25) is 0 Å². The zero-order valence-electron chi connectivity index (χ0n) is 8.93. The van der Waals surface area contributed by atoms with Gasteiger partial charge in [0.1, 0.15) is 0 Å². The Bertz CT molecular complexity index is 370. The van der Waals surface area contributed by atoms with Crippen molar-refractivity contribution in [3.63, 3.8) is 0 Å². The van der Waals surface area contributed by atoms with E-state index in [2.05, 4.69) is 15.9 Å². The van der Waals surface area contributed by atoms with E-state index in [1.807, 2.05) is 36.2 Å². The van der Waals surface area contributed by atoms with E-state index in [0.29, 0.717) is 0 Å². The lowest BCUT2D eigenvalue weighted by molar-refractivity contribution is -0.139. The van der Waals surface area contributed by atoms with Crippen molar-refractivity contribution in [2.24, 2.45) is 0 Å². The topological polar surface area (TPSA) is 60.8 Å². The summed E-state index contributed by atoms with van der Waals surface area (Å²) in [7, 11) is 1.81. The maximum absolute atomic E-state index is 10.4. The number of aliphatic hydroxyl groups excluding tert-OH is 1. The van der Waals surface area contributed by atoms with Gasteiger partial charge in [0.15, 0.2) is 0 Å². The molecule has 1 aromatic carbocycles.